The molecule has 0 saturated heterocycles. The summed E-state index contributed by atoms with van der Waals surface area (Å²) in [6.07, 6.45) is 15.6. The van der Waals surface area contributed by atoms with E-state index in [1.807, 2.05) is 6.26 Å². The minimum absolute atomic E-state index is 0.0900. The van der Waals surface area contributed by atoms with Gasteiger partial charge in [-0.3, -0.25) is 23.8 Å². The standard InChI is InChI=1S/C18H18ClN7O3S.C18H18ClN7O2S/c1-30(29)18-25-8-12(17(28)24-9-15-20-3-2-4-21-15)16(26-18)23-7-11-5-13(19)14(10-27)22-6-11;1-29-18-25-8-12(17(28)24-9-15-20-3-2-4-21-15)16(26-18)23-7-11-5-13(19)14(10-27)22-6-11/h2-6,8,27H,7,9-10H2,1H3,(H,24,28)(H,23,25,26);2-6,8,27H,7,9-10H2,1H3,(H,24,28)(H,23,25,26). The first-order chi connectivity index (χ1) is 28.6. The van der Waals surface area contributed by atoms with E-state index in [-0.39, 0.29) is 55.3 Å². The second-order valence-corrected chi connectivity index (χ2v) is 14.6. The van der Waals surface area contributed by atoms with Gasteiger partial charge in [0.15, 0.2) is 5.16 Å². The van der Waals surface area contributed by atoms with E-state index >= 15 is 0 Å². The number of amides is 2. The van der Waals surface area contributed by atoms with Gasteiger partial charge < -0.3 is 31.5 Å². The Morgan fingerprint density at radius 3 is 1.54 bits per heavy atom. The van der Waals surface area contributed by atoms with E-state index < -0.39 is 16.7 Å². The highest BCUT2D eigenvalue weighted by atomic mass is 35.5. The Labute approximate surface area is 354 Å². The van der Waals surface area contributed by atoms with Crippen molar-refractivity contribution in [2.24, 2.45) is 0 Å². The monoisotopic (exact) mass is 878 g/mol. The zero-order chi connectivity index (χ0) is 42.1. The lowest BCUT2D eigenvalue weighted by Crippen LogP contribution is -2.26. The second kappa shape index (κ2) is 22.3. The summed E-state index contributed by atoms with van der Waals surface area (Å²) >= 11 is 13.5. The Kier molecular flexibility index (Phi) is 16.8. The highest BCUT2D eigenvalue weighted by molar-refractivity contribution is 7.98. The van der Waals surface area contributed by atoms with Crippen molar-refractivity contribution >= 4 is 69.2 Å². The first kappa shape index (κ1) is 44.3. The molecule has 0 aromatic carbocycles. The molecule has 59 heavy (non-hydrogen) atoms. The van der Waals surface area contributed by atoms with E-state index in [9.17, 15) is 18.9 Å². The predicted molar refractivity (Wildman–Crippen MR) is 220 cm³/mol. The average Bonchev–Trinajstić information content (AvgIpc) is 3.26. The molecule has 0 aliphatic carbocycles. The summed E-state index contributed by atoms with van der Waals surface area (Å²) in [6, 6.07) is 6.74. The Balaban J connectivity index is 0.000000224. The number of carbonyl (C=O) groups excluding carboxylic acids is 2. The maximum Gasteiger partial charge on any atom is 0.256 e. The number of thioether (sulfide) groups is 1. The van der Waals surface area contributed by atoms with Gasteiger partial charge in [0.1, 0.15) is 34.4 Å². The van der Waals surface area contributed by atoms with Crippen LogP contribution in [0.5, 0.6) is 0 Å². The van der Waals surface area contributed by atoms with E-state index in [1.165, 1.54) is 30.4 Å². The summed E-state index contributed by atoms with van der Waals surface area (Å²) in [7, 11) is -1.43. The molecular formula is C36H36Cl2N14O5S2. The van der Waals surface area contributed by atoms with Crippen LogP contribution in [0.25, 0.3) is 0 Å². The molecular weight excluding hydrogens is 844 g/mol. The Morgan fingerprint density at radius 2 is 1.12 bits per heavy atom. The van der Waals surface area contributed by atoms with Gasteiger partial charge in [-0.25, -0.2) is 39.9 Å². The zero-order valence-corrected chi connectivity index (χ0v) is 34.5. The second-order valence-electron chi connectivity index (χ2n) is 11.8. The summed E-state index contributed by atoms with van der Waals surface area (Å²) in [5, 5.41) is 31.3. The van der Waals surface area contributed by atoms with Crippen molar-refractivity contribution in [3.63, 3.8) is 0 Å². The van der Waals surface area contributed by atoms with Crippen molar-refractivity contribution < 1.29 is 24.0 Å². The molecule has 19 nitrogen and oxygen atoms in total. The molecule has 1 atom stereocenters. The predicted octanol–water partition coefficient (Wildman–Crippen LogP) is 3.16. The van der Waals surface area contributed by atoms with Gasteiger partial charge in [-0.15, -0.1) is 0 Å². The van der Waals surface area contributed by atoms with Gasteiger partial charge in [0, 0.05) is 68.9 Å². The lowest BCUT2D eigenvalue weighted by molar-refractivity contribution is 0.0941. The number of aliphatic hydroxyl groups excluding tert-OH is 2. The largest absolute Gasteiger partial charge is 0.390 e. The van der Waals surface area contributed by atoms with Crippen molar-refractivity contribution in [2.45, 2.75) is 49.7 Å². The maximum absolute atomic E-state index is 12.6. The lowest BCUT2D eigenvalue weighted by atomic mass is 10.2. The minimum Gasteiger partial charge on any atom is -0.390 e. The van der Waals surface area contributed by atoms with Crippen molar-refractivity contribution in [1.29, 1.82) is 0 Å². The first-order valence-electron chi connectivity index (χ1n) is 17.2. The van der Waals surface area contributed by atoms with E-state index in [0.29, 0.717) is 61.7 Å². The van der Waals surface area contributed by atoms with Gasteiger partial charge >= 0.3 is 0 Å². The van der Waals surface area contributed by atoms with Gasteiger partial charge in [0.25, 0.3) is 11.8 Å². The highest BCUT2D eigenvalue weighted by Crippen LogP contribution is 2.21. The Morgan fingerprint density at radius 1 is 0.661 bits per heavy atom. The SMILES string of the molecule is CS(=O)c1ncc(C(=O)NCc2ncccn2)c(NCc2cnc(CO)c(Cl)c2)n1.CSc1ncc(C(=O)NCc2ncccn2)c(NCc2cnc(CO)c(Cl)c2)n1. The van der Waals surface area contributed by atoms with Gasteiger partial charge in [-0.1, -0.05) is 35.0 Å². The van der Waals surface area contributed by atoms with Crippen LogP contribution in [-0.2, 0) is 50.2 Å². The molecule has 6 heterocycles. The number of halogens is 2. The van der Waals surface area contributed by atoms with E-state index in [1.54, 1.807) is 61.4 Å². The molecule has 0 spiro atoms. The van der Waals surface area contributed by atoms with Crippen LogP contribution < -0.4 is 21.3 Å². The minimum atomic E-state index is -1.43. The Bertz CT molecular complexity index is 2390. The third kappa shape index (κ3) is 13.1. The number of carbonyl (C=O) groups is 2. The van der Waals surface area contributed by atoms with Gasteiger partial charge in [-0.05, 0) is 41.6 Å². The smallest absolute Gasteiger partial charge is 0.256 e. The summed E-state index contributed by atoms with van der Waals surface area (Å²) in [5.74, 6) is 0.769. The fourth-order valence-electron chi connectivity index (χ4n) is 4.73. The van der Waals surface area contributed by atoms with Crippen LogP contribution in [0.15, 0.2) is 84.2 Å². The molecule has 0 saturated carbocycles. The van der Waals surface area contributed by atoms with E-state index in [2.05, 4.69) is 71.1 Å². The number of aliphatic hydroxyl groups is 2. The number of nitrogens with one attached hydrogen (secondary N) is 4. The third-order valence-corrected chi connectivity index (χ3v) is 9.61. The number of rotatable bonds is 16. The summed E-state index contributed by atoms with van der Waals surface area (Å²) in [4.78, 5) is 66.5. The molecule has 6 aromatic rings. The lowest BCUT2D eigenvalue weighted by Gasteiger charge is -2.12. The highest BCUT2D eigenvalue weighted by Gasteiger charge is 2.18. The van der Waals surface area contributed by atoms with Gasteiger partial charge in [-0.2, -0.15) is 0 Å². The molecule has 6 rings (SSSR count). The summed E-state index contributed by atoms with van der Waals surface area (Å²) in [5.41, 5.74) is 2.73. The molecule has 0 radical (unpaired) electrons. The van der Waals surface area contributed by atoms with Crippen molar-refractivity contribution in [3.8, 4) is 0 Å². The van der Waals surface area contributed by atoms with Crippen LogP contribution in [0.1, 0.15) is 54.9 Å². The van der Waals surface area contributed by atoms with Crippen LogP contribution in [0.2, 0.25) is 10.0 Å². The molecule has 0 aliphatic rings. The van der Waals surface area contributed by atoms with Crippen LogP contribution >= 0.6 is 35.0 Å². The number of hydrogen-bond donors (Lipinski definition) is 6. The molecule has 23 heteroatoms. The fraction of sp³-hybridized carbons (Fsp3) is 0.222. The number of nitrogens with zero attached hydrogens (tertiary/aromatic N) is 10. The first-order valence-corrected chi connectivity index (χ1v) is 20.8. The number of aromatic nitrogens is 10. The number of hydrogen-bond acceptors (Lipinski definition) is 18. The van der Waals surface area contributed by atoms with Crippen molar-refractivity contribution in [3.05, 3.63) is 129 Å². The normalized spacial score (nSPS) is 11.2. The summed E-state index contributed by atoms with van der Waals surface area (Å²) < 4.78 is 11.8. The summed E-state index contributed by atoms with van der Waals surface area (Å²) in [6.45, 7) is 0.400. The van der Waals surface area contributed by atoms with Gasteiger partial charge in [0.05, 0.1) is 58.5 Å². The topological polar surface area (TPSA) is 269 Å². The molecule has 306 valence electrons. The van der Waals surface area contributed by atoms with Crippen LogP contribution in [0.3, 0.4) is 0 Å². The van der Waals surface area contributed by atoms with Crippen LogP contribution in [0, 0.1) is 0 Å². The molecule has 0 fully saturated rings. The molecule has 0 bridgehead atoms. The Hall–Kier alpha value is -5.84. The zero-order valence-electron chi connectivity index (χ0n) is 31.3. The quantitative estimate of drug-likeness (QED) is 0.0602. The average molecular weight is 880 g/mol. The fourth-order valence-corrected chi connectivity index (χ4v) is 5.99. The van der Waals surface area contributed by atoms with Crippen LogP contribution in [0.4, 0.5) is 11.6 Å². The molecule has 1 unspecified atom stereocenters. The van der Waals surface area contributed by atoms with Gasteiger partial charge in [0.2, 0.25) is 5.16 Å². The molecule has 6 aromatic heterocycles. The third-order valence-electron chi connectivity index (χ3n) is 7.68. The molecule has 2 amide bonds. The van der Waals surface area contributed by atoms with E-state index in [0.717, 1.165) is 5.56 Å². The van der Waals surface area contributed by atoms with Crippen molar-refractivity contribution in [2.75, 3.05) is 23.1 Å². The maximum atomic E-state index is 12.6. The molecule has 0 aliphatic heterocycles. The van der Waals surface area contributed by atoms with E-state index in [4.69, 9.17) is 28.3 Å². The number of pyridine rings is 2. The van der Waals surface area contributed by atoms with Crippen LogP contribution in [-0.4, -0.2) is 88.6 Å². The van der Waals surface area contributed by atoms with Crippen molar-refractivity contribution in [1.82, 2.24) is 60.5 Å². The molecule has 6 N–H and O–H groups in total. The number of anilines is 2.